The molecule has 0 radical (unpaired) electrons. The molecule has 0 atom stereocenters. The van der Waals surface area contributed by atoms with Gasteiger partial charge in [-0.05, 0) is 48.5 Å². The van der Waals surface area contributed by atoms with Crippen molar-refractivity contribution < 1.29 is 27.2 Å². The molecule has 31 heavy (non-hydrogen) atoms. The lowest BCUT2D eigenvalue weighted by Gasteiger charge is -2.16. The average molecular weight is 427 g/mol. The summed E-state index contributed by atoms with van der Waals surface area (Å²) in [5, 5.41) is 13.3. The van der Waals surface area contributed by atoms with Gasteiger partial charge >= 0.3 is 6.18 Å². The first-order valence-electron chi connectivity index (χ1n) is 8.77. The number of carbonyl (C=O) groups is 2. The molecule has 2 amide bonds. The van der Waals surface area contributed by atoms with Gasteiger partial charge in [0.2, 0.25) is 0 Å². The number of halogens is 4. The van der Waals surface area contributed by atoms with Crippen molar-refractivity contribution in [3.8, 4) is 6.07 Å². The fourth-order valence-electron chi connectivity index (χ4n) is 2.73. The fraction of sp³-hybridized carbons (Fsp3) is 0.0455. The number of nitrogens with one attached hydrogen (secondary N) is 2. The van der Waals surface area contributed by atoms with Gasteiger partial charge in [0, 0.05) is 11.3 Å². The Morgan fingerprint density at radius 1 is 0.871 bits per heavy atom. The molecule has 0 heterocycles. The first kappa shape index (κ1) is 21.5. The maximum absolute atomic E-state index is 13.7. The minimum atomic E-state index is -4.85. The van der Waals surface area contributed by atoms with Crippen LogP contribution < -0.4 is 10.6 Å². The molecule has 5 nitrogen and oxygen atoms in total. The monoisotopic (exact) mass is 427 g/mol. The molecule has 0 saturated carbocycles. The molecular weight excluding hydrogens is 414 g/mol. The van der Waals surface area contributed by atoms with Gasteiger partial charge in [0.05, 0.1) is 28.4 Å². The topological polar surface area (TPSA) is 82.0 Å². The van der Waals surface area contributed by atoms with Gasteiger partial charge in [-0.25, -0.2) is 4.39 Å². The van der Waals surface area contributed by atoms with E-state index in [-0.39, 0.29) is 22.4 Å². The molecule has 0 aromatic heterocycles. The molecule has 0 bridgehead atoms. The number of amides is 2. The predicted molar refractivity (Wildman–Crippen MR) is 105 cm³/mol. The van der Waals surface area contributed by atoms with Crippen LogP contribution in [0.2, 0.25) is 0 Å². The number of hydrogen-bond donors (Lipinski definition) is 2. The molecule has 0 spiro atoms. The molecule has 0 saturated heterocycles. The first-order chi connectivity index (χ1) is 14.7. The second-order valence-corrected chi connectivity index (χ2v) is 6.34. The fourth-order valence-corrected chi connectivity index (χ4v) is 2.73. The molecule has 2 N–H and O–H groups in total. The van der Waals surface area contributed by atoms with Gasteiger partial charge in [-0.3, -0.25) is 9.59 Å². The summed E-state index contributed by atoms with van der Waals surface area (Å²) in [7, 11) is 0. The third kappa shape index (κ3) is 5.05. The Morgan fingerprint density at radius 3 is 2.29 bits per heavy atom. The zero-order valence-electron chi connectivity index (χ0n) is 15.6. The first-order valence-corrected chi connectivity index (χ1v) is 8.77. The highest BCUT2D eigenvalue weighted by molar-refractivity contribution is 6.06. The zero-order valence-corrected chi connectivity index (χ0v) is 15.6. The highest BCUT2D eigenvalue weighted by Crippen LogP contribution is 2.37. The Balaban J connectivity index is 1.88. The molecule has 3 aromatic rings. The molecular formula is C22H13F4N3O2. The van der Waals surface area contributed by atoms with E-state index >= 15 is 0 Å². The van der Waals surface area contributed by atoms with Crippen LogP contribution in [0.5, 0.6) is 0 Å². The summed E-state index contributed by atoms with van der Waals surface area (Å²) in [5.74, 6) is -2.58. The molecule has 0 aliphatic carbocycles. The van der Waals surface area contributed by atoms with E-state index in [2.05, 4.69) is 10.6 Å². The Hall–Kier alpha value is -4.19. The van der Waals surface area contributed by atoms with E-state index in [0.29, 0.717) is 6.07 Å². The standard InChI is InChI=1S/C22H13F4N3O2/c23-18-7-2-1-6-16(18)21(31)28-15-8-9-19(17(11-15)22(24,25)26)29-20(30)14-5-3-4-13(10-14)12-27/h1-11H,(H,28,31)(H,29,30). The van der Waals surface area contributed by atoms with Crippen LogP contribution in [0, 0.1) is 17.1 Å². The maximum Gasteiger partial charge on any atom is 0.418 e. The van der Waals surface area contributed by atoms with E-state index in [1.807, 2.05) is 6.07 Å². The molecule has 0 unspecified atom stereocenters. The molecule has 156 valence electrons. The lowest BCUT2D eigenvalue weighted by molar-refractivity contribution is -0.136. The van der Waals surface area contributed by atoms with Crippen molar-refractivity contribution in [2.45, 2.75) is 6.18 Å². The Labute approximate surface area is 173 Å². The van der Waals surface area contributed by atoms with Crippen LogP contribution in [0.4, 0.5) is 28.9 Å². The summed E-state index contributed by atoms with van der Waals surface area (Å²) < 4.78 is 54.4. The van der Waals surface area contributed by atoms with Crippen molar-refractivity contribution in [3.63, 3.8) is 0 Å². The van der Waals surface area contributed by atoms with Crippen molar-refractivity contribution in [1.82, 2.24) is 0 Å². The van der Waals surface area contributed by atoms with Crippen molar-refractivity contribution in [2.24, 2.45) is 0 Å². The number of rotatable bonds is 4. The van der Waals surface area contributed by atoms with E-state index in [4.69, 9.17) is 5.26 Å². The van der Waals surface area contributed by atoms with Crippen LogP contribution in [-0.4, -0.2) is 11.8 Å². The SMILES string of the molecule is N#Cc1cccc(C(=O)Nc2ccc(NC(=O)c3ccccc3F)cc2C(F)(F)F)c1. The van der Waals surface area contributed by atoms with Gasteiger partial charge in [-0.1, -0.05) is 18.2 Å². The Bertz CT molecular complexity index is 1200. The normalized spacial score (nSPS) is 10.8. The van der Waals surface area contributed by atoms with Gasteiger partial charge in [0.1, 0.15) is 5.82 Å². The van der Waals surface area contributed by atoms with Crippen LogP contribution in [0.15, 0.2) is 66.7 Å². The van der Waals surface area contributed by atoms with Gasteiger partial charge in [-0.15, -0.1) is 0 Å². The minimum Gasteiger partial charge on any atom is -0.322 e. The predicted octanol–water partition coefficient (Wildman–Crippen LogP) is 5.22. The van der Waals surface area contributed by atoms with E-state index in [9.17, 15) is 27.2 Å². The van der Waals surface area contributed by atoms with E-state index < -0.39 is 35.1 Å². The van der Waals surface area contributed by atoms with Crippen LogP contribution in [0.3, 0.4) is 0 Å². The van der Waals surface area contributed by atoms with E-state index in [1.54, 1.807) is 0 Å². The van der Waals surface area contributed by atoms with Crippen LogP contribution in [-0.2, 0) is 6.18 Å². The van der Waals surface area contributed by atoms with Gasteiger partial charge in [0.15, 0.2) is 0 Å². The average Bonchev–Trinajstić information content (AvgIpc) is 2.74. The van der Waals surface area contributed by atoms with E-state index in [1.165, 1.54) is 42.5 Å². The lowest BCUT2D eigenvalue weighted by Crippen LogP contribution is -2.18. The lowest BCUT2D eigenvalue weighted by atomic mass is 10.1. The summed E-state index contributed by atoms with van der Waals surface area (Å²) in [6, 6.07) is 15.1. The summed E-state index contributed by atoms with van der Waals surface area (Å²) >= 11 is 0. The number of benzene rings is 3. The second-order valence-electron chi connectivity index (χ2n) is 6.34. The number of anilines is 2. The Kier molecular flexibility index (Phi) is 6.02. The third-order valence-corrected chi connectivity index (χ3v) is 4.20. The van der Waals surface area contributed by atoms with Crippen molar-refractivity contribution in [2.75, 3.05) is 10.6 Å². The summed E-state index contributed by atoms with van der Waals surface area (Å²) in [6.07, 6.45) is -4.85. The van der Waals surface area contributed by atoms with Gasteiger partial charge < -0.3 is 10.6 Å². The molecule has 9 heteroatoms. The van der Waals surface area contributed by atoms with Crippen molar-refractivity contribution in [1.29, 1.82) is 5.26 Å². The number of nitrogens with zero attached hydrogens (tertiary/aromatic N) is 1. The van der Waals surface area contributed by atoms with Crippen LogP contribution in [0.1, 0.15) is 31.8 Å². The van der Waals surface area contributed by atoms with Crippen molar-refractivity contribution in [3.05, 3.63) is 94.8 Å². The number of carbonyl (C=O) groups excluding carboxylic acids is 2. The highest BCUT2D eigenvalue weighted by Gasteiger charge is 2.34. The molecule has 3 rings (SSSR count). The van der Waals surface area contributed by atoms with Gasteiger partial charge in [0.25, 0.3) is 11.8 Å². The smallest absolute Gasteiger partial charge is 0.322 e. The zero-order chi connectivity index (χ0) is 22.6. The van der Waals surface area contributed by atoms with E-state index in [0.717, 1.165) is 18.2 Å². The highest BCUT2D eigenvalue weighted by atomic mass is 19.4. The quantitative estimate of drug-likeness (QED) is 0.560. The number of nitriles is 1. The van der Waals surface area contributed by atoms with Gasteiger partial charge in [-0.2, -0.15) is 18.4 Å². The molecule has 0 fully saturated rings. The maximum atomic E-state index is 13.7. The van der Waals surface area contributed by atoms with Crippen LogP contribution >= 0.6 is 0 Å². The number of hydrogen-bond acceptors (Lipinski definition) is 3. The summed E-state index contributed by atoms with van der Waals surface area (Å²) in [4.78, 5) is 24.5. The second kappa shape index (κ2) is 8.67. The molecule has 3 aromatic carbocycles. The Morgan fingerprint density at radius 2 is 1.61 bits per heavy atom. The minimum absolute atomic E-state index is 0.00380. The van der Waals surface area contributed by atoms with Crippen LogP contribution in [0.25, 0.3) is 0 Å². The number of alkyl halides is 3. The summed E-state index contributed by atoms with van der Waals surface area (Å²) in [6.45, 7) is 0. The summed E-state index contributed by atoms with van der Waals surface area (Å²) in [5.41, 5.74) is -2.12. The molecule has 0 aliphatic heterocycles. The van der Waals surface area contributed by atoms with Crippen molar-refractivity contribution >= 4 is 23.2 Å². The molecule has 0 aliphatic rings. The largest absolute Gasteiger partial charge is 0.418 e. The third-order valence-electron chi connectivity index (χ3n) is 4.20.